The summed E-state index contributed by atoms with van der Waals surface area (Å²) in [4.78, 5) is 11.4. The zero-order valence-corrected chi connectivity index (χ0v) is 17.4. The minimum Gasteiger partial charge on any atom is -0.462 e. The lowest BCUT2D eigenvalue weighted by Gasteiger charge is -2.24. The molecule has 0 aliphatic carbocycles. The molecule has 2 aromatic heterocycles. The highest BCUT2D eigenvalue weighted by atomic mass is 32.1. The maximum Gasteiger partial charge on any atom is 0.229 e. The van der Waals surface area contributed by atoms with Crippen molar-refractivity contribution in [2.24, 2.45) is 0 Å². The van der Waals surface area contributed by atoms with E-state index in [1.165, 1.54) is 17.7 Å². The van der Waals surface area contributed by atoms with Crippen molar-refractivity contribution in [3.63, 3.8) is 0 Å². The van der Waals surface area contributed by atoms with Gasteiger partial charge in [-0.3, -0.25) is 0 Å². The highest BCUT2D eigenvalue weighted by Gasteiger charge is 2.21. The average molecular weight is 455 g/mol. The van der Waals surface area contributed by atoms with Crippen LogP contribution in [0.25, 0.3) is 20.7 Å². The number of rotatable bonds is 6. The first kappa shape index (κ1) is 20.3. The molecule has 0 saturated heterocycles. The monoisotopic (exact) mass is 455 g/mol. The predicted molar refractivity (Wildman–Crippen MR) is 115 cm³/mol. The summed E-state index contributed by atoms with van der Waals surface area (Å²) >= 11 is 1.28. The van der Waals surface area contributed by atoms with Gasteiger partial charge in [-0.2, -0.15) is 0 Å². The summed E-state index contributed by atoms with van der Waals surface area (Å²) in [5.41, 5.74) is 1.93. The molecule has 0 N–H and O–H groups in total. The molecule has 1 aliphatic rings. The van der Waals surface area contributed by atoms with E-state index in [0.717, 1.165) is 22.4 Å². The summed E-state index contributed by atoms with van der Waals surface area (Å²) in [6.07, 6.45) is 3.01. The van der Waals surface area contributed by atoms with Gasteiger partial charge < -0.3 is 14.4 Å². The molecule has 0 radical (unpaired) electrons. The Morgan fingerprint density at radius 3 is 2.47 bits per heavy atom. The van der Waals surface area contributed by atoms with Gasteiger partial charge in [0.05, 0.1) is 16.8 Å². The second-order valence-electron chi connectivity index (χ2n) is 7.13. The van der Waals surface area contributed by atoms with Gasteiger partial charge in [-0.25, -0.2) is 23.1 Å². The molecule has 5 nitrogen and oxygen atoms in total. The van der Waals surface area contributed by atoms with Crippen molar-refractivity contribution in [2.45, 2.75) is 6.54 Å². The van der Waals surface area contributed by atoms with Crippen LogP contribution in [0.3, 0.4) is 0 Å². The maximum atomic E-state index is 13.8. The molecule has 3 heterocycles. The second-order valence-corrected chi connectivity index (χ2v) is 8.18. The first-order valence-electron chi connectivity index (χ1n) is 9.70. The van der Waals surface area contributed by atoms with Crippen molar-refractivity contribution in [2.75, 3.05) is 18.2 Å². The van der Waals surface area contributed by atoms with Gasteiger partial charge in [0.25, 0.3) is 0 Å². The van der Waals surface area contributed by atoms with Gasteiger partial charge in [0.1, 0.15) is 12.6 Å². The van der Waals surface area contributed by atoms with Crippen LogP contribution in [0.1, 0.15) is 5.56 Å². The second kappa shape index (κ2) is 8.51. The molecule has 0 atom stereocenters. The molecule has 0 spiro atoms. The number of thiophene rings is 1. The average Bonchev–Trinajstić information content (AvgIpc) is 3.47. The molecule has 2 aromatic carbocycles. The molecule has 0 bridgehead atoms. The Balaban J connectivity index is 1.57. The summed E-state index contributed by atoms with van der Waals surface area (Å²) in [7, 11) is 0. The number of halogens is 3. The van der Waals surface area contributed by atoms with Crippen LogP contribution in [-0.2, 0) is 16.0 Å². The number of fused-ring (bicyclic) bond motifs is 1. The van der Waals surface area contributed by atoms with Gasteiger partial charge in [-0.05, 0) is 29.3 Å². The molecule has 32 heavy (non-hydrogen) atoms. The summed E-state index contributed by atoms with van der Waals surface area (Å²) in [5, 5.41) is 0. The molecule has 0 amide bonds. The fraction of sp³-hybridized carbons (Fsp3) is 0.130. The zero-order chi connectivity index (χ0) is 22.1. The number of hydrogen-bond donors (Lipinski definition) is 0. The zero-order valence-electron chi connectivity index (χ0n) is 16.6. The summed E-state index contributed by atoms with van der Waals surface area (Å²) in [6.45, 7) is 1.12. The van der Waals surface area contributed by atoms with Crippen LogP contribution in [0.5, 0.6) is 0 Å². The van der Waals surface area contributed by atoms with Gasteiger partial charge in [0.15, 0.2) is 29.0 Å². The van der Waals surface area contributed by atoms with Gasteiger partial charge in [-0.15, -0.1) is 11.3 Å². The van der Waals surface area contributed by atoms with Crippen LogP contribution in [0.2, 0.25) is 0 Å². The lowest BCUT2D eigenvalue weighted by Crippen LogP contribution is -2.26. The van der Waals surface area contributed by atoms with Crippen LogP contribution in [0.15, 0.2) is 66.9 Å². The number of nitrogens with zero attached hydrogens (tertiary/aromatic N) is 3. The van der Waals surface area contributed by atoms with Crippen molar-refractivity contribution in [1.29, 1.82) is 0 Å². The Bertz CT molecular complexity index is 1290. The molecule has 0 fully saturated rings. The smallest absolute Gasteiger partial charge is 0.229 e. The molecule has 5 rings (SSSR count). The van der Waals surface area contributed by atoms with E-state index in [1.807, 2.05) is 35.2 Å². The van der Waals surface area contributed by atoms with Crippen molar-refractivity contribution in [3.05, 3.63) is 89.9 Å². The fourth-order valence-electron chi connectivity index (χ4n) is 3.46. The van der Waals surface area contributed by atoms with E-state index in [0.29, 0.717) is 35.1 Å². The fourth-order valence-corrected chi connectivity index (χ4v) is 4.57. The third kappa shape index (κ3) is 3.99. The van der Waals surface area contributed by atoms with E-state index in [2.05, 4.69) is 9.97 Å². The Kier molecular flexibility index (Phi) is 5.40. The normalized spacial score (nSPS) is 13.0. The van der Waals surface area contributed by atoms with E-state index < -0.39 is 17.5 Å². The van der Waals surface area contributed by atoms with Crippen LogP contribution >= 0.6 is 11.3 Å². The first-order valence-corrected chi connectivity index (χ1v) is 10.5. The van der Waals surface area contributed by atoms with Gasteiger partial charge in [0, 0.05) is 11.4 Å². The molecular formula is C23H16F3N3O2S. The summed E-state index contributed by atoms with van der Waals surface area (Å²) < 4.78 is 52.4. The molecular weight excluding hydrogens is 439 g/mol. The lowest BCUT2D eigenvalue weighted by atomic mass is 10.1. The minimum atomic E-state index is -1.49. The number of aromatic nitrogens is 2. The van der Waals surface area contributed by atoms with Crippen LogP contribution in [0.4, 0.5) is 19.0 Å². The van der Waals surface area contributed by atoms with E-state index in [4.69, 9.17) is 9.47 Å². The predicted octanol–water partition coefficient (Wildman–Crippen LogP) is 5.63. The molecule has 1 aliphatic heterocycles. The third-order valence-electron chi connectivity index (χ3n) is 4.95. The third-order valence-corrected chi connectivity index (χ3v) is 6.12. The van der Waals surface area contributed by atoms with Crippen LogP contribution < -0.4 is 4.90 Å². The number of hydrogen-bond acceptors (Lipinski definition) is 6. The number of ether oxygens (including phenoxy) is 2. The van der Waals surface area contributed by atoms with E-state index in [9.17, 15) is 13.2 Å². The van der Waals surface area contributed by atoms with Crippen molar-refractivity contribution in [1.82, 2.24) is 9.97 Å². The lowest BCUT2D eigenvalue weighted by molar-refractivity contribution is 0.0797. The Morgan fingerprint density at radius 1 is 0.969 bits per heavy atom. The van der Waals surface area contributed by atoms with Crippen LogP contribution in [0, 0.1) is 17.5 Å². The number of benzene rings is 2. The minimum absolute atomic E-state index is 0.165. The molecule has 162 valence electrons. The first-order chi connectivity index (χ1) is 15.6. The van der Waals surface area contributed by atoms with Crippen molar-refractivity contribution >= 4 is 27.4 Å². The van der Waals surface area contributed by atoms with Crippen molar-refractivity contribution in [3.8, 4) is 10.4 Å². The van der Waals surface area contributed by atoms with E-state index in [1.54, 1.807) is 12.3 Å². The highest BCUT2D eigenvalue weighted by molar-refractivity contribution is 7.22. The number of anilines is 1. The van der Waals surface area contributed by atoms with Crippen molar-refractivity contribution < 1.29 is 22.6 Å². The summed E-state index contributed by atoms with van der Waals surface area (Å²) in [5.74, 6) is -2.65. The topological polar surface area (TPSA) is 47.5 Å². The Labute approximate surface area is 185 Å². The quantitative estimate of drug-likeness (QED) is 0.353. The van der Waals surface area contributed by atoms with Gasteiger partial charge in [-0.1, -0.05) is 30.3 Å². The molecule has 0 unspecified atom stereocenters. The standard InChI is InChI=1S/C23H16F3N3O2S/c24-17-6-15(7-18(25)21(17)26)20-8-19-22(32-20)23(28-12-27-19)29(10-16-11-30-13-31-16)9-14-4-2-1-3-5-14/h1-8,11-12H,9-10,13H2. The van der Waals surface area contributed by atoms with E-state index >= 15 is 0 Å². The van der Waals surface area contributed by atoms with E-state index in [-0.39, 0.29) is 12.4 Å². The molecule has 0 saturated carbocycles. The van der Waals surface area contributed by atoms with Gasteiger partial charge in [0.2, 0.25) is 6.79 Å². The van der Waals surface area contributed by atoms with Crippen LogP contribution in [-0.4, -0.2) is 23.3 Å². The Morgan fingerprint density at radius 2 is 1.75 bits per heavy atom. The molecule has 9 heteroatoms. The molecule has 4 aromatic rings. The maximum absolute atomic E-state index is 13.8. The van der Waals surface area contributed by atoms with Gasteiger partial charge >= 0.3 is 0 Å². The SMILES string of the molecule is Fc1cc(-c2cc3ncnc(N(CC4=COCO4)Cc4ccccc4)c3s2)cc(F)c1F. The largest absolute Gasteiger partial charge is 0.462 e. The Hall–Kier alpha value is -3.59. The highest BCUT2D eigenvalue weighted by Crippen LogP contribution is 2.38. The summed E-state index contributed by atoms with van der Waals surface area (Å²) in [6, 6.07) is 13.5.